The van der Waals surface area contributed by atoms with Crippen LogP contribution in [0.5, 0.6) is 0 Å². The molecule has 2 N–H and O–H groups in total. The van der Waals surface area contributed by atoms with Crippen LogP contribution in [0.3, 0.4) is 0 Å². The summed E-state index contributed by atoms with van der Waals surface area (Å²) < 4.78 is 27.2. The molecule has 0 spiro atoms. The Labute approximate surface area is 412 Å². The highest BCUT2D eigenvalue weighted by atomic mass is 31.2. The Hall–Kier alpha value is -0.460. The number of phosphoric ester groups is 1. The number of unbranched alkanes of at least 4 members (excludes halogenated alkanes) is 48. The van der Waals surface area contributed by atoms with Crippen LogP contribution in [0.1, 0.15) is 341 Å². The predicted molar refractivity (Wildman–Crippen MR) is 286 cm³/mol. The van der Waals surface area contributed by atoms with Crippen molar-refractivity contribution in [2.75, 3.05) is 19.8 Å². The molecule has 0 aliphatic rings. The van der Waals surface area contributed by atoms with Crippen LogP contribution in [0.2, 0.25) is 0 Å². The van der Waals surface area contributed by atoms with E-state index in [0.29, 0.717) is 13.0 Å². The molecule has 0 aromatic rings. The normalized spacial score (nSPS) is 12.4. The Morgan fingerprint density at radius 1 is 0.348 bits per heavy atom. The van der Waals surface area contributed by atoms with Crippen LogP contribution in [0.25, 0.3) is 0 Å². The van der Waals surface area contributed by atoms with Gasteiger partial charge in [0.05, 0.1) is 13.2 Å². The molecular weight excluding hydrogens is 840 g/mol. The van der Waals surface area contributed by atoms with Crippen LogP contribution >= 0.6 is 7.82 Å². The van der Waals surface area contributed by atoms with Gasteiger partial charge in [0.25, 0.3) is 0 Å². The summed E-state index contributed by atoms with van der Waals surface area (Å²) in [6.07, 6.45) is 67.4. The van der Waals surface area contributed by atoms with Gasteiger partial charge in [-0.05, 0) is 12.8 Å². The van der Waals surface area contributed by atoms with Crippen molar-refractivity contribution in [1.29, 1.82) is 0 Å². The zero-order valence-electron chi connectivity index (χ0n) is 44.6. The van der Waals surface area contributed by atoms with Gasteiger partial charge in [-0.1, -0.05) is 322 Å². The number of rotatable bonds is 58. The summed E-state index contributed by atoms with van der Waals surface area (Å²) in [7, 11) is -4.65. The average Bonchev–Trinajstić information content (AvgIpc) is 3.30. The molecule has 0 radical (unpaired) electrons. The summed E-state index contributed by atoms with van der Waals surface area (Å²) >= 11 is 0. The molecule has 1 atom stereocenters. The number of phosphoric acid groups is 1. The summed E-state index contributed by atoms with van der Waals surface area (Å²) in [5.74, 6) is -0.351. The molecule has 0 aromatic heterocycles. The summed E-state index contributed by atoms with van der Waals surface area (Å²) in [5, 5.41) is 0. The largest absolute Gasteiger partial charge is 0.469 e. The third-order valence-corrected chi connectivity index (χ3v) is 14.4. The van der Waals surface area contributed by atoms with Gasteiger partial charge in [0.15, 0.2) is 0 Å². The highest BCUT2D eigenvalue weighted by molar-refractivity contribution is 7.46. The molecule has 8 heteroatoms. The lowest BCUT2D eigenvalue weighted by Crippen LogP contribution is -2.28. The van der Waals surface area contributed by atoms with Gasteiger partial charge in [-0.25, -0.2) is 4.57 Å². The molecule has 0 bridgehead atoms. The molecule has 0 aliphatic heterocycles. The number of hydrogen-bond acceptors (Lipinski definition) is 5. The van der Waals surface area contributed by atoms with E-state index in [1.54, 1.807) is 0 Å². The second-order valence-electron chi connectivity index (χ2n) is 20.7. The minimum atomic E-state index is -4.65. The standard InChI is InChI=1S/C58H117O7P/c1-3-5-7-9-11-13-15-17-19-21-22-23-24-25-26-27-28-29-30-31-32-33-34-35-36-37-38-39-41-43-45-47-49-51-53-58(59)65-57(56-64-66(60,61)62)55-63-54-52-50-48-46-44-42-40-20-18-16-14-12-10-8-6-4-2/h57H,3-56H2,1-2H3,(H2,60,61,62)/t57-/m1/s1. The Morgan fingerprint density at radius 3 is 0.818 bits per heavy atom. The highest BCUT2D eigenvalue weighted by Crippen LogP contribution is 2.36. The summed E-state index contributed by atoms with van der Waals surface area (Å²) in [6.45, 7) is 4.84. The monoisotopic (exact) mass is 957 g/mol. The fourth-order valence-electron chi connectivity index (χ4n) is 9.51. The average molecular weight is 958 g/mol. The van der Waals surface area contributed by atoms with E-state index in [-0.39, 0.29) is 19.2 Å². The van der Waals surface area contributed by atoms with Crippen molar-refractivity contribution in [3.05, 3.63) is 0 Å². The Kier molecular flexibility index (Phi) is 55.1. The van der Waals surface area contributed by atoms with Crippen LogP contribution < -0.4 is 0 Å². The predicted octanol–water partition coefficient (Wildman–Crippen LogP) is 20.0. The molecule has 396 valence electrons. The second kappa shape index (κ2) is 55.5. The molecular formula is C58H117O7P. The summed E-state index contributed by atoms with van der Waals surface area (Å²) in [5.41, 5.74) is 0. The molecule has 0 heterocycles. The van der Waals surface area contributed by atoms with Crippen LogP contribution in [-0.4, -0.2) is 41.7 Å². The van der Waals surface area contributed by atoms with Crippen molar-refractivity contribution in [3.8, 4) is 0 Å². The van der Waals surface area contributed by atoms with Crippen molar-refractivity contribution >= 4 is 13.8 Å². The number of esters is 1. The van der Waals surface area contributed by atoms with E-state index in [1.807, 2.05) is 0 Å². The van der Waals surface area contributed by atoms with Gasteiger partial charge in [0, 0.05) is 13.0 Å². The van der Waals surface area contributed by atoms with Crippen molar-refractivity contribution in [3.63, 3.8) is 0 Å². The van der Waals surface area contributed by atoms with Crippen molar-refractivity contribution in [2.24, 2.45) is 0 Å². The van der Waals surface area contributed by atoms with Gasteiger partial charge in [-0.2, -0.15) is 0 Å². The molecule has 0 aliphatic carbocycles. The maximum absolute atomic E-state index is 12.5. The van der Waals surface area contributed by atoms with Crippen LogP contribution in [-0.2, 0) is 23.4 Å². The quantitative estimate of drug-likeness (QED) is 0.0356. The maximum Gasteiger partial charge on any atom is 0.469 e. The second-order valence-corrected chi connectivity index (χ2v) is 21.9. The summed E-state index contributed by atoms with van der Waals surface area (Å²) in [4.78, 5) is 30.9. The lowest BCUT2D eigenvalue weighted by atomic mass is 10.0. The van der Waals surface area contributed by atoms with E-state index >= 15 is 0 Å². The van der Waals surface area contributed by atoms with Crippen LogP contribution in [0.15, 0.2) is 0 Å². The molecule has 0 amide bonds. The zero-order valence-corrected chi connectivity index (χ0v) is 45.5. The first-order valence-corrected chi connectivity index (χ1v) is 31.4. The number of carbonyl (C=O) groups excluding carboxylic acids is 1. The molecule has 0 saturated heterocycles. The Bertz CT molecular complexity index is 973. The lowest BCUT2D eigenvalue weighted by molar-refractivity contribution is -0.154. The van der Waals surface area contributed by atoms with Crippen molar-refractivity contribution in [2.45, 2.75) is 347 Å². The van der Waals surface area contributed by atoms with Gasteiger partial charge in [-0.15, -0.1) is 0 Å². The Morgan fingerprint density at radius 2 is 0.576 bits per heavy atom. The van der Waals surface area contributed by atoms with Crippen molar-refractivity contribution < 1.29 is 33.1 Å². The van der Waals surface area contributed by atoms with Gasteiger partial charge >= 0.3 is 13.8 Å². The molecule has 7 nitrogen and oxygen atoms in total. The molecule has 0 fully saturated rings. The van der Waals surface area contributed by atoms with Gasteiger partial charge in [-0.3, -0.25) is 9.32 Å². The molecule has 0 unspecified atom stereocenters. The first kappa shape index (κ1) is 65.5. The highest BCUT2D eigenvalue weighted by Gasteiger charge is 2.21. The maximum atomic E-state index is 12.5. The van der Waals surface area contributed by atoms with E-state index in [4.69, 9.17) is 19.3 Å². The molecule has 0 rings (SSSR count). The lowest BCUT2D eigenvalue weighted by Gasteiger charge is -2.18. The summed E-state index contributed by atoms with van der Waals surface area (Å²) in [6, 6.07) is 0. The van der Waals surface area contributed by atoms with Crippen LogP contribution in [0, 0.1) is 0 Å². The van der Waals surface area contributed by atoms with Crippen molar-refractivity contribution in [1.82, 2.24) is 0 Å². The molecule has 0 aromatic carbocycles. The minimum absolute atomic E-state index is 0.0875. The van der Waals surface area contributed by atoms with E-state index in [0.717, 1.165) is 32.1 Å². The van der Waals surface area contributed by atoms with E-state index in [1.165, 1.54) is 289 Å². The number of ether oxygens (including phenoxy) is 2. The smallest absolute Gasteiger partial charge is 0.457 e. The van der Waals surface area contributed by atoms with Gasteiger partial charge in [0.2, 0.25) is 0 Å². The first-order chi connectivity index (χ1) is 32.4. The van der Waals surface area contributed by atoms with E-state index in [2.05, 4.69) is 18.4 Å². The number of hydrogen-bond donors (Lipinski definition) is 2. The Balaban J connectivity index is 3.52. The van der Waals surface area contributed by atoms with Gasteiger partial charge in [0.1, 0.15) is 6.10 Å². The third kappa shape index (κ3) is 57.9. The topological polar surface area (TPSA) is 102 Å². The van der Waals surface area contributed by atoms with E-state index in [9.17, 15) is 9.36 Å². The van der Waals surface area contributed by atoms with Gasteiger partial charge < -0.3 is 19.3 Å². The molecule has 66 heavy (non-hydrogen) atoms. The fraction of sp³-hybridized carbons (Fsp3) is 0.983. The first-order valence-electron chi connectivity index (χ1n) is 29.9. The van der Waals surface area contributed by atoms with Crippen LogP contribution in [0.4, 0.5) is 0 Å². The van der Waals surface area contributed by atoms with E-state index < -0.39 is 13.9 Å². The third-order valence-electron chi connectivity index (χ3n) is 13.9. The fourth-order valence-corrected chi connectivity index (χ4v) is 9.87. The minimum Gasteiger partial charge on any atom is -0.457 e. The SMILES string of the molecule is CCCCCCCCCCCCCCCCCCCCCCCCCCCCCCCCCCCCC(=O)O[C@H](COCCCCCCCCCCCCCCCCCC)COP(=O)(O)O. The number of carbonyl (C=O) groups is 1. The zero-order chi connectivity index (χ0) is 48.0. The molecule has 0 saturated carbocycles.